The van der Waals surface area contributed by atoms with Gasteiger partial charge in [-0.3, -0.25) is 4.79 Å². The van der Waals surface area contributed by atoms with Gasteiger partial charge in [0.25, 0.3) is 0 Å². The van der Waals surface area contributed by atoms with Crippen LogP contribution < -0.4 is 0 Å². The van der Waals surface area contributed by atoms with Gasteiger partial charge in [-0.1, -0.05) is 12.1 Å². The zero-order valence-electron chi connectivity index (χ0n) is 9.40. The second-order valence-corrected chi connectivity index (χ2v) is 4.17. The summed E-state index contributed by atoms with van der Waals surface area (Å²) in [6.45, 7) is 2.08. The molecule has 17 heavy (non-hydrogen) atoms. The van der Waals surface area contributed by atoms with E-state index >= 15 is 0 Å². The van der Waals surface area contributed by atoms with Crippen LogP contribution in [0.2, 0.25) is 0 Å². The lowest BCUT2D eigenvalue weighted by Crippen LogP contribution is -2.07. The lowest BCUT2D eigenvalue weighted by molar-refractivity contribution is -0.139. The standard InChI is InChI=1S/C12H12FNO2S/c1-2-16-11(15)8-17-7-10-5-3-4-9(6-14)12(10)13/h3-5H,2,7-8H2,1H3. The molecule has 0 heterocycles. The van der Waals surface area contributed by atoms with E-state index in [1.807, 2.05) is 0 Å². The predicted molar refractivity (Wildman–Crippen MR) is 63.9 cm³/mol. The first-order valence-corrected chi connectivity index (χ1v) is 6.25. The van der Waals surface area contributed by atoms with Crippen molar-refractivity contribution in [2.24, 2.45) is 0 Å². The summed E-state index contributed by atoms with van der Waals surface area (Å²) in [6.07, 6.45) is 0. The first-order chi connectivity index (χ1) is 8.19. The quantitative estimate of drug-likeness (QED) is 0.756. The molecule has 0 N–H and O–H groups in total. The Bertz CT molecular complexity index is 443. The summed E-state index contributed by atoms with van der Waals surface area (Å²) in [5.74, 6) is -0.287. The van der Waals surface area contributed by atoms with Crippen molar-refractivity contribution in [3.8, 4) is 6.07 Å². The van der Waals surface area contributed by atoms with Crippen molar-refractivity contribution >= 4 is 17.7 Å². The molecule has 0 atom stereocenters. The predicted octanol–water partition coefficient (Wildman–Crippen LogP) is 2.49. The third-order valence-electron chi connectivity index (χ3n) is 1.98. The minimum Gasteiger partial charge on any atom is -0.465 e. The number of carbonyl (C=O) groups excluding carboxylic acids is 1. The van der Waals surface area contributed by atoms with Gasteiger partial charge in [0.15, 0.2) is 0 Å². The Morgan fingerprint density at radius 1 is 1.59 bits per heavy atom. The van der Waals surface area contributed by atoms with Gasteiger partial charge < -0.3 is 4.74 Å². The molecular formula is C12H12FNO2S. The van der Waals surface area contributed by atoms with Gasteiger partial charge >= 0.3 is 5.97 Å². The molecule has 3 nitrogen and oxygen atoms in total. The highest BCUT2D eigenvalue weighted by Crippen LogP contribution is 2.18. The van der Waals surface area contributed by atoms with Crippen LogP contribution in [0.15, 0.2) is 18.2 Å². The molecule has 1 rings (SSSR count). The van der Waals surface area contributed by atoms with Crippen molar-refractivity contribution in [2.75, 3.05) is 12.4 Å². The Morgan fingerprint density at radius 3 is 3.00 bits per heavy atom. The topological polar surface area (TPSA) is 50.1 Å². The minimum atomic E-state index is -0.508. The maximum Gasteiger partial charge on any atom is 0.315 e. The molecule has 0 saturated heterocycles. The number of esters is 1. The number of ether oxygens (including phenoxy) is 1. The normalized spacial score (nSPS) is 9.71. The van der Waals surface area contributed by atoms with Crippen LogP contribution in [0.25, 0.3) is 0 Å². The molecule has 0 fully saturated rings. The van der Waals surface area contributed by atoms with Crippen LogP contribution in [0, 0.1) is 17.1 Å². The number of nitriles is 1. The highest BCUT2D eigenvalue weighted by Gasteiger charge is 2.08. The molecule has 0 spiro atoms. The summed E-state index contributed by atoms with van der Waals surface area (Å²) < 4.78 is 18.3. The average molecular weight is 253 g/mol. The van der Waals surface area contributed by atoms with Gasteiger partial charge in [0.2, 0.25) is 0 Å². The molecule has 0 saturated carbocycles. The first kappa shape index (κ1) is 13.5. The Hall–Kier alpha value is -1.54. The summed E-state index contributed by atoms with van der Waals surface area (Å²) >= 11 is 1.26. The summed E-state index contributed by atoms with van der Waals surface area (Å²) in [5.41, 5.74) is 0.456. The number of rotatable bonds is 5. The van der Waals surface area contributed by atoms with E-state index in [9.17, 15) is 9.18 Å². The van der Waals surface area contributed by atoms with Crippen LogP contribution in [-0.2, 0) is 15.3 Å². The molecule has 0 aliphatic carbocycles. The Labute approximate surface area is 104 Å². The second-order valence-electron chi connectivity index (χ2n) is 3.19. The fourth-order valence-corrected chi connectivity index (χ4v) is 2.02. The fourth-order valence-electron chi connectivity index (χ4n) is 1.22. The van der Waals surface area contributed by atoms with E-state index in [4.69, 9.17) is 10.00 Å². The number of hydrogen-bond acceptors (Lipinski definition) is 4. The average Bonchev–Trinajstić information content (AvgIpc) is 2.32. The zero-order valence-corrected chi connectivity index (χ0v) is 10.2. The Balaban J connectivity index is 2.53. The largest absolute Gasteiger partial charge is 0.465 e. The van der Waals surface area contributed by atoms with Crippen LogP contribution in [-0.4, -0.2) is 18.3 Å². The van der Waals surface area contributed by atoms with Gasteiger partial charge in [-0.25, -0.2) is 4.39 Å². The van der Waals surface area contributed by atoms with Gasteiger partial charge in [0.05, 0.1) is 17.9 Å². The molecule has 5 heteroatoms. The zero-order chi connectivity index (χ0) is 12.7. The van der Waals surface area contributed by atoms with Crippen LogP contribution in [0.5, 0.6) is 0 Å². The van der Waals surface area contributed by atoms with E-state index in [2.05, 4.69) is 0 Å². The Kier molecular flexibility index (Phi) is 5.50. The van der Waals surface area contributed by atoms with E-state index in [0.717, 1.165) is 0 Å². The van der Waals surface area contributed by atoms with Gasteiger partial charge in [-0.05, 0) is 18.6 Å². The molecule has 0 bridgehead atoms. The molecule has 0 amide bonds. The lowest BCUT2D eigenvalue weighted by Gasteiger charge is -2.04. The maximum atomic E-state index is 13.6. The molecule has 90 valence electrons. The Morgan fingerprint density at radius 2 is 2.35 bits per heavy atom. The first-order valence-electron chi connectivity index (χ1n) is 5.10. The summed E-state index contributed by atoms with van der Waals surface area (Å²) in [4.78, 5) is 11.1. The number of nitrogens with zero attached hydrogens (tertiary/aromatic N) is 1. The SMILES string of the molecule is CCOC(=O)CSCc1cccc(C#N)c1F. The molecule has 1 aromatic rings. The lowest BCUT2D eigenvalue weighted by atomic mass is 10.1. The van der Waals surface area contributed by atoms with Gasteiger partial charge in [0, 0.05) is 5.75 Å². The maximum absolute atomic E-state index is 13.6. The molecule has 1 aromatic carbocycles. The van der Waals surface area contributed by atoms with Crippen LogP contribution in [0.4, 0.5) is 4.39 Å². The van der Waals surface area contributed by atoms with Crippen molar-refractivity contribution in [2.45, 2.75) is 12.7 Å². The van der Waals surface area contributed by atoms with Gasteiger partial charge in [-0.2, -0.15) is 5.26 Å². The van der Waals surface area contributed by atoms with Crippen molar-refractivity contribution < 1.29 is 13.9 Å². The fraction of sp³-hybridized carbons (Fsp3) is 0.333. The van der Waals surface area contributed by atoms with Crippen LogP contribution in [0.1, 0.15) is 18.1 Å². The van der Waals surface area contributed by atoms with E-state index in [0.29, 0.717) is 17.9 Å². The molecule has 0 unspecified atom stereocenters. The van der Waals surface area contributed by atoms with Crippen molar-refractivity contribution in [1.29, 1.82) is 5.26 Å². The molecule has 0 radical (unpaired) electrons. The molecule has 0 aromatic heterocycles. The van der Waals surface area contributed by atoms with E-state index in [1.165, 1.54) is 17.8 Å². The summed E-state index contributed by atoms with van der Waals surface area (Å²) in [5, 5.41) is 8.66. The van der Waals surface area contributed by atoms with Crippen LogP contribution >= 0.6 is 11.8 Å². The van der Waals surface area contributed by atoms with E-state index < -0.39 is 5.82 Å². The summed E-state index contributed by atoms with van der Waals surface area (Å²) in [7, 11) is 0. The number of benzene rings is 1. The highest BCUT2D eigenvalue weighted by atomic mass is 32.2. The van der Waals surface area contributed by atoms with Crippen molar-refractivity contribution in [1.82, 2.24) is 0 Å². The smallest absolute Gasteiger partial charge is 0.315 e. The second kappa shape index (κ2) is 6.92. The van der Waals surface area contributed by atoms with E-state index in [1.54, 1.807) is 25.1 Å². The van der Waals surface area contributed by atoms with Crippen LogP contribution in [0.3, 0.4) is 0 Å². The molecule has 0 aliphatic heterocycles. The third kappa shape index (κ3) is 4.08. The van der Waals surface area contributed by atoms with Gasteiger partial charge in [-0.15, -0.1) is 11.8 Å². The number of thioether (sulfide) groups is 1. The van der Waals surface area contributed by atoms with E-state index in [-0.39, 0.29) is 17.3 Å². The van der Waals surface area contributed by atoms with Crippen molar-refractivity contribution in [3.63, 3.8) is 0 Å². The molecule has 0 aliphatic rings. The molecular weight excluding hydrogens is 241 g/mol. The van der Waals surface area contributed by atoms with Crippen molar-refractivity contribution in [3.05, 3.63) is 35.1 Å². The third-order valence-corrected chi connectivity index (χ3v) is 2.94. The summed E-state index contributed by atoms with van der Waals surface area (Å²) in [6, 6.07) is 6.44. The number of halogens is 1. The number of carbonyl (C=O) groups is 1. The highest BCUT2D eigenvalue weighted by molar-refractivity contribution is 7.99. The van der Waals surface area contributed by atoms with Gasteiger partial charge in [0.1, 0.15) is 11.9 Å². The minimum absolute atomic E-state index is 0.0271. The monoisotopic (exact) mass is 253 g/mol. The number of hydrogen-bond donors (Lipinski definition) is 0.